The van der Waals surface area contributed by atoms with Crippen molar-refractivity contribution in [3.05, 3.63) is 57.8 Å². The Morgan fingerprint density at radius 2 is 2.05 bits per heavy atom. The maximum atomic E-state index is 14.0. The Kier molecular flexibility index (Phi) is 4.94. The quantitative estimate of drug-likeness (QED) is 0.822. The third-order valence-corrected chi connectivity index (χ3v) is 4.00. The van der Waals surface area contributed by atoms with Crippen molar-refractivity contribution in [2.24, 2.45) is 5.73 Å². The monoisotopic (exact) mass is 342 g/mol. The fourth-order valence-corrected chi connectivity index (χ4v) is 2.46. The van der Waals surface area contributed by atoms with E-state index in [9.17, 15) is 8.78 Å². The van der Waals surface area contributed by atoms with Crippen LogP contribution in [-0.4, -0.2) is 10.6 Å². The van der Waals surface area contributed by atoms with Crippen LogP contribution in [0.4, 0.5) is 8.78 Å². The molecule has 1 aromatic heterocycles. The van der Waals surface area contributed by atoms with E-state index in [1.165, 1.54) is 12.1 Å². The second-order valence-corrected chi connectivity index (χ2v) is 5.68. The molecule has 0 aliphatic carbocycles. The van der Waals surface area contributed by atoms with Gasteiger partial charge in [0, 0.05) is 29.9 Å². The van der Waals surface area contributed by atoms with E-state index in [-0.39, 0.29) is 22.6 Å². The second kappa shape index (κ2) is 6.50. The molecule has 2 N–H and O–H groups in total. The summed E-state index contributed by atoms with van der Waals surface area (Å²) in [5, 5.41) is 0. The Bertz CT molecular complexity index is 596. The fourth-order valence-electron chi connectivity index (χ4n) is 2.09. The highest BCUT2D eigenvalue weighted by atomic mass is 79.9. The number of halogens is 3. The summed E-state index contributed by atoms with van der Waals surface area (Å²) in [6.07, 6.45) is 3.38. The summed E-state index contributed by atoms with van der Waals surface area (Å²) in [5.41, 5.74) is 6.98. The van der Waals surface area contributed by atoms with Gasteiger partial charge >= 0.3 is 0 Å². The zero-order valence-corrected chi connectivity index (χ0v) is 12.8. The third-order valence-electron chi connectivity index (χ3n) is 3.39. The predicted molar refractivity (Wildman–Crippen MR) is 79.6 cm³/mol. The molecule has 1 atom stereocenters. The molecule has 1 aromatic carbocycles. The maximum Gasteiger partial charge on any atom is 0.145 e. The molecule has 2 aromatic rings. The van der Waals surface area contributed by atoms with E-state index >= 15 is 0 Å². The number of aromatic nitrogens is 1. The van der Waals surface area contributed by atoms with E-state index in [2.05, 4.69) is 15.9 Å². The van der Waals surface area contributed by atoms with Crippen LogP contribution in [0.5, 0.6) is 0 Å². The lowest BCUT2D eigenvalue weighted by molar-refractivity contribution is 0.533. The van der Waals surface area contributed by atoms with Gasteiger partial charge < -0.3 is 10.3 Å². The Labute approximate surface area is 125 Å². The summed E-state index contributed by atoms with van der Waals surface area (Å²) >= 11 is 3.08. The maximum absolute atomic E-state index is 14.0. The van der Waals surface area contributed by atoms with Gasteiger partial charge in [-0.3, -0.25) is 0 Å². The molecule has 108 valence electrons. The molecule has 2 rings (SSSR count). The summed E-state index contributed by atoms with van der Waals surface area (Å²) in [6.45, 7) is 2.18. The van der Waals surface area contributed by atoms with Gasteiger partial charge in [-0.05, 0) is 46.6 Å². The molecule has 0 saturated heterocycles. The molecular weight excluding hydrogens is 326 g/mol. The van der Waals surface area contributed by atoms with Crippen LogP contribution < -0.4 is 5.73 Å². The third kappa shape index (κ3) is 3.27. The van der Waals surface area contributed by atoms with Gasteiger partial charge in [-0.1, -0.05) is 6.92 Å². The van der Waals surface area contributed by atoms with E-state index in [4.69, 9.17) is 5.73 Å². The van der Waals surface area contributed by atoms with Crippen LogP contribution in [0.3, 0.4) is 0 Å². The first kappa shape index (κ1) is 15.2. The Morgan fingerprint density at radius 3 is 2.75 bits per heavy atom. The number of benzene rings is 1. The molecule has 1 unspecified atom stereocenters. The van der Waals surface area contributed by atoms with Crippen LogP contribution in [0.1, 0.15) is 24.6 Å². The van der Waals surface area contributed by atoms with Crippen LogP contribution in [-0.2, 0) is 13.0 Å². The molecule has 20 heavy (non-hydrogen) atoms. The smallest absolute Gasteiger partial charge is 0.145 e. The van der Waals surface area contributed by atoms with Crippen molar-refractivity contribution in [1.29, 1.82) is 0 Å². The van der Waals surface area contributed by atoms with Gasteiger partial charge in [-0.25, -0.2) is 8.78 Å². The Morgan fingerprint density at radius 1 is 1.30 bits per heavy atom. The first-order chi connectivity index (χ1) is 9.52. The highest BCUT2D eigenvalue weighted by Gasteiger charge is 2.14. The van der Waals surface area contributed by atoms with Crippen molar-refractivity contribution < 1.29 is 8.78 Å². The average Bonchev–Trinajstić information content (AvgIpc) is 2.86. The van der Waals surface area contributed by atoms with Crippen molar-refractivity contribution in [2.45, 2.75) is 32.4 Å². The first-order valence-electron chi connectivity index (χ1n) is 6.55. The van der Waals surface area contributed by atoms with E-state index in [1.807, 2.05) is 29.8 Å². The number of hydrogen-bond acceptors (Lipinski definition) is 1. The van der Waals surface area contributed by atoms with E-state index in [0.717, 1.165) is 12.1 Å². The van der Waals surface area contributed by atoms with Gasteiger partial charge in [0.1, 0.15) is 11.6 Å². The average molecular weight is 343 g/mol. The van der Waals surface area contributed by atoms with Crippen LogP contribution >= 0.6 is 15.9 Å². The van der Waals surface area contributed by atoms with Gasteiger partial charge in [-0.15, -0.1) is 0 Å². The normalized spacial score (nSPS) is 12.7. The summed E-state index contributed by atoms with van der Waals surface area (Å²) in [7, 11) is 0. The summed E-state index contributed by atoms with van der Waals surface area (Å²) < 4.78 is 29.9. The molecule has 2 nitrogen and oxygen atoms in total. The molecule has 0 radical (unpaired) electrons. The first-order valence-corrected chi connectivity index (χ1v) is 7.34. The largest absolute Gasteiger partial charge is 0.347 e. The molecular formula is C15H17BrF2N2. The van der Waals surface area contributed by atoms with Gasteiger partial charge in [0.15, 0.2) is 0 Å². The lowest BCUT2D eigenvalue weighted by Gasteiger charge is -2.14. The van der Waals surface area contributed by atoms with E-state index < -0.39 is 11.6 Å². The number of nitrogens with two attached hydrogens (primary N) is 1. The van der Waals surface area contributed by atoms with Crippen molar-refractivity contribution >= 4 is 15.9 Å². The van der Waals surface area contributed by atoms with Gasteiger partial charge in [-0.2, -0.15) is 0 Å². The zero-order chi connectivity index (χ0) is 14.7. The van der Waals surface area contributed by atoms with Crippen LogP contribution in [0.15, 0.2) is 34.9 Å². The summed E-state index contributed by atoms with van der Waals surface area (Å²) in [6, 6.07) is 6.50. The Balaban J connectivity index is 2.27. The second-order valence-electron chi connectivity index (χ2n) is 4.82. The lowest BCUT2D eigenvalue weighted by atomic mass is 10.1. The lowest BCUT2D eigenvalue weighted by Crippen LogP contribution is -2.23. The van der Waals surface area contributed by atoms with E-state index in [1.54, 1.807) is 0 Å². The highest BCUT2D eigenvalue weighted by molar-refractivity contribution is 9.10. The predicted octanol–water partition coefficient (Wildman–Crippen LogP) is 3.86. The summed E-state index contributed by atoms with van der Waals surface area (Å²) in [5.74, 6) is -1.09. The van der Waals surface area contributed by atoms with Gasteiger partial charge in [0.05, 0.1) is 11.0 Å². The number of rotatable bonds is 5. The van der Waals surface area contributed by atoms with E-state index in [0.29, 0.717) is 6.42 Å². The fraction of sp³-hybridized carbons (Fsp3) is 0.333. The van der Waals surface area contributed by atoms with Crippen molar-refractivity contribution in [3.8, 4) is 0 Å². The minimum atomic E-state index is -0.551. The molecule has 5 heteroatoms. The molecule has 1 heterocycles. The van der Waals surface area contributed by atoms with Crippen LogP contribution in [0.2, 0.25) is 0 Å². The van der Waals surface area contributed by atoms with Crippen molar-refractivity contribution in [3.63, 3.8) is 0 Å². The van der Waals surface area contributed by atoms with Crippen molar-refractivity contribution in [1.82, 2.24) is 4.57 Å². The highest BCUT2D eigenvalue weighted by Crippen LogP contribution is 2.23. The van der Waals surface area contributed by atoms with Crippen molar-refractivity contribution in [2.75, 3.05) is 0 Å². The SMILES string of the molecule is CCC(N)Cc1cccn1Cc1c(F)ccc(Br)c1F. The molecule has 0 aliphatic heterocycles. The molecule has 0 saturated carbocycles. The minimum Gasteiger partial charge on any atom is -0.347 e. The van der Waals surface area contributed by atoms with Crippen LogP contribution in [0.25, 0.3) is 0 Å². The topological polar surface area (TPSA) is 30.9 Å². The molecule has 0 spiro atoms. The van der Waals surface area contributed by atoms with Crippen LogP contribution in [0, 0.1) is 11.6 Å². The van der Waals surface area contributed by atoms with Gasteiger partial charge in [0.25, 0.3) is 0 Å². The molecule has 0 fully saturated rings. The number of hydrogen-bond donors (Lipinski definition) is 1. The standard InChI is InChI=1S/C15H17BrF2N2/c1-2-10(19)8-11-4-3-7-20(11)9-12-14(17)6-5-13(16)15(12)18/h3-7,10H,2,8-9,19H2,1H3. The Hall–Kier alpha value is -1.20. The zero-order valence-electron chi connectivity index (χ0n) is 11.2. The molecule has 0 aliphatic rings. The molecule has 0 amide bonds. The van der Waals surface area contributed by atoms with Gasteiger partial charge in [0.2, 0.25) is 0 Å². The molecule has 0 bridgehead atoms. The number of nitrogens with zero attached hydrogens (tertiary/aromatic N) is 1. The summed E-state index contributed by atoms with van der Waals surface area (Å²) in [4.78, 5) is 0. The minimum absolute atomic E-state index is 0.0563.